The normalized spacial score (nSPS) is 7.31. The van der Waals surface area contributed by atoms with Gasteiger partial charge in [-0.2, -0.15) is 0 Å². The minimum atomic E-state index is -0.792. The molecule has 5 nitrogen and oxygen atoms in total. The molecule has 0 aromatic carbocycles. The van der Waals surface area contributed by atoms with Crippen molar-refractivity contribution in [1.29, 1.82) is 0 Å². The Morgan fingerprint density at radius 3 is 1.62 bits per heavy atom. The van der Waals surface area contributed by atoms with Crippen molar-refractivity contribution in [2.24, 2.45) is 0 Å². The molecule has 74 valence electrons. The number of carbonyl (C=O) groups is 3. The van der Waals surface area contributed by atoms with Gasteiger partial charge in [-0.1, -0.05) is 6.58 Å². The van der Waals surface area contributed by atoms with E-state index in [1.807, 2.05) is 0 Å². The molecule has 0 aliphatic rings. The van der Waals surface area contributed by atoms with Crippen LogP contribution in [0.4, 0.5) is 0 Å². The molecule has 5 heteroatoms. The number of methoxy groups -OCH3 is 2. The first kappa shape index (κ1) is 13.9. The molecule has 0 saturated heterocycles. The lowest BCUT2D eigenvalue weighted by Crippen LogP contribution is -2.10. The zero-order chi connectivity index (χ0) is 10.9. The van der Waals surface area contributed by atoms with Crippen LogP contribution in [0.2, 0.25) is 0 Å². The number of ketones is 1. The van der Waals surface area contributed by atoms with Crippen LogP contribution in [0, 0.1) is 0 Å². The van der Waals surface area contributed by atoms with E-state index < -0.39 is 17.7 Å². The molecule has 0 fully saturated rings. The van der Waals surface area contributed by atoms with Crippen LogP contribution in [0.15, 0.2) is 12.7 Å². The van der Waals surface area contributed by atoms with E-state index in [1.165, 1.54) is 14.2 Å². The van der Waals surface area contributed by atoms with E-state index in [0.717, 1.165) is 13.0 Å². The number of hydrogen-bond acceptors (Lipinski definition) is 5. The Balaban J connectivity index is 0. The predicted molar refractivity (Wildman–Crippen MR) is 44.9 cm³/mol. The molecular weight excluding hydrogens is 176 g/mol. The van der Waals surface area contributed by atoms with Crippen LogP contribution < -0.4 is 0 Å². The molecular formula is C8H12O5. The highest BCUT2D eigenvalue weighted by Gasteiger charge is 2.03. The molecule has 0 amide bonds. The second-order valence-corrected chi connectivity index (χ2v) is 1.78. The smallest absolute Gasteiger partial charge is 0.374 e. The van der Waals surface area contributed by atoms with Crippen LogP contribution in [-0.2, 0) is 23.9 Å². The number of esters is 2. The van der Waals surface area contributed by atoms with Gasteiger partial charge >= 0.3 is 11.9 Å². The third kappa shape index (κ3) is 10.4. The van der Waals surface area contributed by atoms with Gasteiger partial charge in [-0.15, -0.1) is 0 Å². The fraction of sp³-hybridized carbons (Fsp3) is 0.375. The molecule has 0 saturated carbocycles. The predicted octanol–water partition coefficient (Wildman–Crippen LogP) is 0.0938. The van der Waals surface area contributed by atoms with E-state index in [9.17, 15) is 14.4 Å². The van der Waals surface area contributed by atoms with Gasteiger partial charge in [0.05, 0.1) is 14.2 Å². The third-order valence-corrected chi connectivity index (χ3v) is 0.841. The molecule has 0 radical (unpaired) electrons. The van der Waals surface area contributed by atoms with Gasteiger partial charge < -0.3 is 9.47 Å². The molecule has 13 heavy (non-hydrogen) atoms. The van der Waals surface area contributed by atoms with Crippen LogP contribution in [0.3, 0.4) is 0 Å². The van der Waals surface area contributed by atoms with Crippen molar-refractivity contribution in [1.82, 2.24) is 0 Å². The third-order valence-electron chi connectivity index (χ3n) is 0.841. The number of carbonyl (C=O) groups excluding carboxylic acids is 3. The average Bonchev–Trinajstić information content (AvgIpc) is 2.16. The average molecular weight is 188 g/mol. The van der Waals surface area contributed by atoms with E-state index in [4.69, 9.17) is 0 Å². The molecule has 0 heterocycles. The Hall–Kier alpha value is -1.65. The zero-order valence-corrected chi connectivity index (χ0v) is 7.83. The summed E-state index contributed by atoms with van der Waals surface area (Å²) in [5, 5.41) is 0. The van der Waals surface area contributed by atoms with Crippen molar-refractivity contribution in [3.05, 3.63) is 12.7 Å². The summed E-state index contributed by atoms with van der Waals surface area (Å²) in [4.78, 5) is 29.7. The number of hydrogen-bond donors (Lipinski definition) is 0. The topological polar surface area (TPSA) is 69.7 Å². The van der Waals surface area contributed by atoms with E-state index in [1.54, 1.807) is 0 Å². The molecule has 0 N–H and O–H groups in total. The van der Waals surface area contributed by atoms with Crippen LogP contribution in [-0.4, -0.2) is 31.9 Å². The van der Waals surface area contributed by atoms with Gasteiger partial charge in [0.25, 0.3) is 0 Å². The molecule has 0 rings (SSSR count). The standard InChI is InChI=1S/C4H6O3.C4H6O2/c1-3(5)4(6)7-2;1-3-4(5)6-2/h1-2H3;3H,1H2,2H3. The number of rotatable bonds is 2. The Morgan fingerprint density at radius 1 is 1.15 bits per heavy atom. The first-order valence-corrected chi connectivity index (χ1v) is 3.28. The van der Waals surface area contributed by atoms with Gasteiger partial charge in [0.1, 0.15) is 0 Å². The van der Waals surface area contributed by atoms with E-state index in [2.05, 4.69) is 16.1 Å². The van der Waals surface area contributed by atoms with Gasteiger partial charge in [-0.05, 0) is 0 Å². The van der Waals surface area contributed by atoms with Crippen LogP contribution in [0.1, 0.15) is 6.92 Å². The maximum Gasteiger partial charge on any atom is 0.374 e. The van der Waals surface area contributed by atoms with Gasteiger partial charge in [0.2, 0.25) is 5.78 Å². The largest absolute Gasteiger partial charge is 0.466 e. The number of Topliss-reactive ketones (excluding diaryl/α,β-unsaturated/α-hetero) is 1. The van der Waals surface area contributed by atoms with Gasteiger partial charge in [-0.25, -0.2) is 9.59 Å². The monoisotopic (exact) mass is 188 g/mol. The Kier molecular flexibility index (Phi) is 9.04. The summed E-state index contributed by atoms with van der Waals surface area (Å²) in [6, 6.07) is 0. The lowest BCUT2D eigenvalue weighted by Gasteiger charge is -1.86. The van der Waals surface area contributed by atoms with Crippen molar-refractivity contribution in [3.63, 3.8) is 0 Å². The second kappa shape index (κ2) is 8.45. The first-order chi connectivity index (χ1) is 5.99. The van der Waals surface area contributed by atoms with Crippen molar-refractivity contribution in [3.8, 4) is 0 Å². The van der Waals surface area contributed by atoms with Crippen LogP contribution >= 0.6 is 0 Å². The summed E-state index contributed by atoms with van der Waals surface area (Å²) in [6.07, 6.45) is 1.11. The van der Waals surface area contributed by atoms with E-state index in [0.29, 0.717) is 0 Å². The van der Waals surface area contributed by atoms with E-state index in [-0.39, 0.29) is 0 Å². The van der Waals surface area contributed by atoms with Crippen molar-refractivity contribution >= 4 is 17.7 Å². The minimum Gasteiger partial charge on any atom is -0.466 e. The maximum absolute atomic E-state index is 9.94. The van der Waals surface area contributed by atoms with Gasteiger partial charge in [0, 0.05) is 13.0 Å². The quantitative estimate of drug-likeness (QED) is 0.349. The summed E-state index contributed by atoms with van der Waals surface area (Å²) in [6.45, 7) is 4.32. The lowest BCUT2D eigenvalue weighted by atomic mass is 10.5. The molecule has 0 aromatic rings. The fourth-order valence-electron chi connectivity index (χ4n) is 0.227. The highest BCUT2D eigenvalue weighted by Crippen LogP contribution is 1.71. The molecule has 0 aromatic heterocycles. The fourth-order valence-corrected chi connectivity index (χ4v) is 0.227. The summed E-state index contributed by atoms with van der Waals surface area (Å²) < 4.78 is 8.17. The first-order valence-electron chi connectivity index (χ1n) is 3.28. The Bertz CT molecular complexity index is 207. The highest BCUT2D eigenvalue weighted by atomic mass is 16.5. The molecule has 0 aliphatic heterocycles. The molecule has 0 spiro atoms. The molecule has 0 aliphatic carbocycles. The number of ether oxygens (including phenoxy) is 2. The molecule has 0 atom stereocenters. The Labute approximate surface area is 76.3 Å². The SMILES string of the molecule is C=CC(=O)OC.COC(=O)C(C)=O. The molecule has 0 unspecified atom stereocenters. The maximum atomic E-state index is 9.94. The lowest BCUT2D eigenvalue weighted by molar-refractivity contribution is -0.150. The second-order valence-electron chi connectivity index (χ2n) is 1.78. The van der Waals surface area contributed by atoms with Gasteiger partial charge in [-0.3, -0.25) is 4.79 Å². The van der Waals surface area contributed by atoms with Crippen LogP contribution in [0.25, 0.3) is 0 Å². The molecule has 0 bridgehead atoms. The van der Waals surface area contributed by atoms with Crippen molar-refractivity contribution in [2.75, 3.05) is 14.2 Å². The van der Waals surface area contributed by atoms with Crippen molar-refractivity contribution in [2.45, 2.75) is 6.92 Å². The Morgan fingerprint density at radius 2 is 1.62 bits per heavy atom. The van der Waals surface area contributed by atoms with Gasteiger partial charge in [0.15, 0.2) is 0 Å². The summed E-state index contributed by atoms with van der Waals surface area (Å²) in [5.74, 6) is -1.75. The summed E-state index contributed by atoms with van der Waals surface area (Å²) in [7, 11) is 2.48. The van der Waals surface area contributed by atoms with E-state index >= 15 is 0 Å². The summed E-state index contributed by atoms with van der Waals surface area (Å²) >= 11 is 0. The zero-order valence-electron chi connectivity index (χ0n) is 7.83. The van der Waals surface area contributed by atoms with Crippen molar-refractivity contribution < 1.29 is 23.9 Å². The highest BCUT2D eigenvalue weighted by molar-refractivity contribution is 6.32. The van der Waals surface area contributed by atoms with Crippen LogP contribution in [0.5, 0.6) is 0 Å². The summed E-state index contributed by atoms with van der Waals surface area (Å²) in [5.41, 5.74) is 0. The minimum absolute atomic E-state index is 0.394.